The molecular formula is C16H13IN2O3S. The minimum Gasteiger partial charge on any atom is -0.478 e. The van der Waals surface area contributed by atoms with Crippen molar-refractivity contribution in [3.63, 3.8) is 0 Å². The van der Waals surface area contributed by atoms with Gasteiger partial charge in [-0.1, -0.05) is 18.2 Å². The number of carboxylic acids is 1. The molecule has 0 aromatic heterocycles. The van der Waals surface area contributed by atoms with Crippen LogP contribution in [0.3, 0.4) is 0 Å². The third-order valence-corrected chi connectivity index (χ3v) is 4.30. The number of rotatable bonds is 3. The number of hydrogen-bond donors (Lipinski definition) is 3. The van der Waals surface area contributed by atoms with Crippen molar-refractivity contribution in [3.05, 3.63) is 62.7 Å². The van der Waals surface area contributed by atoms with Gasteiger partial charge in [-0.3, -0.25) is 10.1 Å². The Morgan fingerprint density at radius 3 is 2.39 bits per heavy atom. The summed E-state index contributed by atoms with van der Waals surface area (Å²) in [7, 11) is 0. The number of anilines is 1. The summed E-state index contributed by atoms with van der Waals surface area (Å²) < 4.78 is 0.814. The molecule has 0 spiro atoms. The van der Waals surface area contributed by atoms with E-state index < -0.39 is 5.97 Å². The lowest BCUT2D eigenvalue weighted by molar-refractivity contribution is 0.0696. The first-order valence-electron chi connectivity index (χ1n) is 6.60. The fourth-order valence-corrected chi connectivity index (χ4v) is 2.81. The quantitative estimate of drug-likeness (QED) is 0.504. The third kappa shape index (κ3) is 4.26. The van der Waals surface area contributed by atoms with Crippen molar-refractivity contribution in [2.24, 2.45) is 0 Å². The minimum atomic E-state index is -1.01. The predicted molar refractivity (Wildman–Crippen MR) is 101 cm³/mol. The molecule has 0 aliphatic heterocycles. The molecule has 0 aliphatic carbocycles. The van der Waals surface area contributed by atoms with Gasteiger partial charge >= 0.3 is 5.97 Å². The number of amides is 1. The maximum atomic E-state index is 12.2. The van der Waals surface area contributed by atoms with Crippen molar-refractivity contribution in [2.75, 3.05) is 5.32 Å². The largest absolute Gasteiger partial charge is 0.478 e. The van der Waals surface area contributed by atoms with Crippen molar-refractivity contribution in [3.8, 4) is 0 Å². The molecule has 7 heteroatoms. The molecule has 2 rings (SSSR count). The number of thiocarbonyl (C=S) groups is 1. The lowest BCUT2D eigenvalue weighted by Gasteiger charge is -2.13. The average molecular weight is 440 g/mol. The summed E-state index contributed by atoms with van der Waals surface area (Å²) in [4.78, 5) is 23.3. The second-order valence-corrected chi connectivity index (χ2v) is 6.24. The number of nitrogens with one attached hydrogen (secondary N) is 2. The molecule has 2 aromatic carbocycles. The van der Waals surface area contributed by atoms with Gasteiger partial charge in [-0.05, 0) is 71.6 Å². The summed E-state index contributed by atoms with van der Waals surface area (Å²) in [6.45, 7) is 1.68. The van der Waals surface area contributed by atoms with Gasteiger partial charge in [0.1, 0.15) is 0 Å². The first-order chi connectivity index (χ1) is 10.9. The number of hydrogen-bond acceptors (Lipinski definition) is 3. The molecule has 1 amide bonds. The lowest BCUT2D eigenvalue weighted by Crippen LogP contribution is -2.34. The molecule has 0 unspecified atom stereocenters. The third-order valence-electron chi connectivity index (χ3n) is 3.16. The highest BCUT2D eigenvalue weighted by molar-refractivity contribution is 14.1. The van der Waals surface area contributed by atoms with Gasteiger partial charge in [0, 0.05) is 9.26 Å². The molecule has 0 saturated carbocycles. The van der Waals surface area contributed by atoms with Crippen LogP contribution in [0.5, 0.6) is 0 Å². The number of carbonyl (C=O) groups excluding carboxylic acids is 1. The van der Waals surface area contributed by atoms with E-state index in [4.69, 9.17) is 17.3 Å². The number of carboxylic acid groups (broad SMARTS) is 1. The van der Waals surface area contributed by atoms with E-state index in [1.165, 1.54) is 6.07 Å². The van der Waals surface area contributed by atoms with E-state index in [1.807, 2.05) is 12.1 Å². The number of carbonyl (C=O) groups is 2. The van der Waals surface area contributed by atoms with Gasteiger partial charge in [-0.15, -0.1) is 0 Å². The molecule has 0 fully saturated rings. The predicted octanol–water partition coefficient (Wildman–Crippen LogP) is 3.42. The molecule has 0 bridgehead atoms. The smallest absolute Gasteiger partial charge is 0.336 e. The van der Waals surface area contributed by atoms with Crippen LogP contribution in [0.15, 0.2) is 42.5 Å². The minimum absolute atomic E-state index is 0.111. The van der Waals surface area contributed by atoms with Crippen LogP contribution in [0.2, 0.25) is 0 Å². The molecular weight excluding hydrogens is 427 g/mol. The van der Waals surface area contributed by atoms with Crippen molar-refractivity contribution in [2.45, 2.75) is 6.92 Å². The maximum absolute atomic E-state index is 12.2. The zero-order valence-electron chi connectivity index (χ0n) is 12.1. The highest BCUT2D eigenvalue weighted by Gasteiger charge is 2.13. The van der Waals surface area contributed by atoms with Crippen LogP contribution in [0.1, 0.15) is 26.3 Å². The lowest BCUT2D eigenvalue weighted by atomic mass is 10.1. The van der Waals surface area contributed by atoms with E-state index >= 15 is 0 Å². The van der Waals surface area contributed by atoms with Crippen LogP contribution in [-0.2, 0) is 0 Å². The summed E-state index contributed by atoms with van der Waals surface area (Å²) in [6, 6.07) is 12.0. The van der Waals surface area contributed by atoms with Crippen LogP contribution in [0.25, 0.3) is 0 Å². The van der Waals surface area contributed by atoms with Crippen molar-refractivity contribution in [1.82, 2.24) is 5.32 Å². The van der Waals surface area contributed by atoms with Gasteiger partial charge in [0.25, 0.3) is 5.91 Å². The Balaban J connectivity index is 2.12. The average Bonchev–Trinajstić information content (AvgIpc) is 2.49. The summed E-state index contributed by atoms with van der Waals surface area (Å²) in [6.07, 6.45) is 0. The second kappa shape index (κ2) is 7.51. The maximum Gasteiger partial charge on any atom is 0.336 e. The Morgan fingerprint density at radius 2 is 1.74 bits per heavy atom. The zero-order chi connectivity index (χ0) is 17.0. The van der Waals surface area contributed by atoms with Crippen LogP contribution >= 0.6 is 34.8 Å². The Morgan fingerprint density at radius 1 is 1.09 bits per heavy atom. The highest BCUT2D eigenvalue weighted by atomic mass is 127. The normalized spacial score (nSPS) is 10.0. The molecule has 3 N–H and O–H groups in total. The molecule has 0 aliphatic rings. The molecule has 0 saturated heterocycles. The highest BCUT2D eigenvalue weighted by Crippen LogP contribution is 2.19. The molecule has 23 heavy (non-hydrogen) atoms. The SMILES string of the molecule is Cc1c(NC(=S)NC(=O)c2ccccc2I)cccc1C(=O)O. The van der Waals surface area contributed by atoms with Gasteiger partial charge < -0.3 is 10.4 Å². The van der Waals surface area contributed by atoms with E-state index in [2.05, 4.69) is 33.2 Å². The summed E-state index contributed by atoms with van der Waals surface area (Å²) in [5, 5.41) is 14.7. The number of benzene rings is 2. The molecule has 2 aromatic rings. The van der Waals surface area contributed by atoms with Gasteiger partial charge in [0.15, 0.2) is 5.11 Å². The van der Waals surface area contributed by atoms with E-state index in [0.29, 0.717) is 16.8 Å². The Labute approximate surface area is 152 Å². The number of halogens is 1. The fourth-order valence-electron chi connectivity index (χ4n) is 1.97. The van der Waals surface area contributed by atoms with Crippen LogP contribution in [0.4, 0.5) is 5.69 Å². The summed E-state index contributed by atoms with van der Waals surface area (Å²) >= 11 is 7.20. The number of aromatic carboxylic acids is 1. The first kappa shape index (κ1) is 17.4. The van der Waals surface area contributed by atoms with Crippen molar-refractivity contribution >= 4 is 57.5 Å². The first-order valence-corrected chi connectivity index (χ1v) is 8.08. The fraction of sp³-hybridized carbons (Fsp3) is 0.0625. The Bertz CT molecular complexity index is 793. The standard InChI is InChI=1S/C16H13IN2O3S/c1-9-10(15(21)22)6-4-8-13(9)18-16(23)19-14(20)11-5-2-3-7-12(11)17/h2-8H,1H3,(H,21,22)(H2,18,19,20,23). The van der Waals surface area contributed by atoms with Crippen LogP contribution < -0.4 is 10.6 Å². The van der Waals surface area contributed by atoms with Gasteiger partial charge in [0.2, 0.25) is 0 Å². The van der Waals surface area contributed by atoms with E-state index in [9.17, 15) is 9.59 Å². The van der Waals surface area contributed by atoms with E-state index in [1.54, 1.807) is 31.2 Å². The Kier molecular flexibility index (Phi) is 5.67. The topological polar surface area (TPSA) is 78.4 Å². The second-order valence-electron chi connectivity index (χ2n) is 4.67. The summed E-state index contributed by atoms with van der Waals surface area (Å²) in [5.41, 5.74) is 1.79. The zero-order valence-corrected chi connectivity index (χ0v) is 15.1. The summed E-state index contributed by atoms with van der Waals surface area (Å²) in [5.74, 6) is -1.33. The van der Waals surface area contributed by atoms with Gasteiger partial charge in [-0.25, -0.2) is 4.79 Å². The molecule has 5 nitrogen and oxygen atoms in total. The molecule has 0 radical (unpaired) electrons. The monoisotopic (exact) mass is 440 g/mol. The van der Waals surface area contributed by atoms with Crippen LogP contribution in [0, 0.1) is 10.5 Å². The van der Waals surface area contributed by atoms with Crippen molar-refractivity contribution < 1.29 is 14.7 Å². The van der Waals surface area contributed by atoms with Crippen molar-refractivity contribution in [1.29, 1.82) is 0 Å². The van der Waals surface area contributed by atoms with Crippen LogP contribution in [-0.4, -0.2) is 22.1 Å². The molecule has 0 atom stereocenters. The molecule has 0 heterocycles. The Hall–Kier alpha value is -2.00. The van der Waals surface area contributed by atoms with E-state index in [-0.39, 0.29) is 16.6 Å². The van der Waals surface area contributed by atoms with Gasteiger partial charge in [-0.2, -0.15) is 0 Å². The van der Waals surface area contributed by atoms with E-state index in [0.717, 1.165) is 3.57 Å². The van der Waals surface area contributed by atoms with Gasteiger partial charge in [0.05, 0.1) is 11.1 Å². The molecule has 118 valence electrons.